The number of fused-ring (bicyclic) bond motifs is 1. The third-order valence-electron chi connectivity index (χ3n) is 6.58. The molecule has 0 spiro atoms. The highest BCUT2D eigenvalue weighted by atomic mass is 32.1. The third-order valence-corrected chi connectivity index (χ3v) is 7.66. The van der Waals surface area contributed by atoms with E-state index in [1.165, 1.54) is 11.3 Å². The van der Waals surface area contributed by atoms with E-state index in [9.17, 15) is 14.9 Å². The van der Waals surface area contributed by atoms with Gasteiger partial charge in [-0.2, -0.15) is 5.26 Å². The smallest absolute Gasteiger partial charge is 0.318 e. The summed E-state index contributed by atoms with van der Waals surface area (Å²) in [5.41, 5.74) is 3.03. The number of aromatic nitrogens is 1. The van der Waals surface area contributed by atoms with Gasteiger partial charge in [0.1, 0.15) is 5.75 Å². The largest absolute Gasteiger partial charge is 0.496 e. The first-order valence-electron chi connectivity index (χ1n) is 11.5. The number of urea groups is 1. The van der Waals surface area contributed by atoms with Crippen LogP contribution in [0, 0.1) is 23.2 Å². The molecule has 0 radical (unpaired) electrons. The Labute approximate surface area is 207 Å². The van der Waals surface area contributed by atoms with Gasteiger partial charge in [0, 0.05) is 36.3 Å². The van der Waals surface area contributed by atoms with Crippen LogP contribution in [0.25, 0.3) is 0 Å². The normalized spacial score (nSPS) is 20.3. The van der Waals surface area contributed by atoms with E-state index in [0.717, 1.165) is 33.0 Å². The Morgan fingerprint density at radius 3 is 2.83 bits per heavy atom. The molecular formula is C26H25N5O3S. The number of para-hydroxylation sites is 1. The topological polar surface area (TPSA) is 107 Å². The molecule has 2 aromatic heterocycles. The van der Waals surface area contributed by atoms with Crippen LogP contribution in [0.1, 0.15) is 27.5 Å². The molecule has 3 aromatic rings. The molecule has 0 bridgehead atoms. The molecular weight excluding hydrogens is 462 g/mol. The summed E-state index contributed by atoms with van der Waals surface area (Å²) in [6, 6.07) is 15.4. The molecule has 3 atom stereocenters. The molecule has 2 aliphatic rings. The Hall–Kier alpha value is -3.90. The summed E-state index contributed by atoms with van der Waals surface area (Å²) in [7, 11) is 1.59. The zero-order valence-electron chi connectivity index (χ0n) is 19.2. The van der Waals surface area contributed by atoms with Crippen molar-refractivity contribution in [1.82, 2.24) is 15.2 Å². The average molecular weight is 488 g/mol. The van der Waals surface area contributed by atoms with Crippen molar-refractivity contribution in [2.45, 2.75) is 25.4 Å². The lowest BCUT2D eigenvalue weighted by atomic mass is 10.1. The van der Waals surface area contributed by atoms with Gasteiger partial charge in [-0.1, -0.05) is 18.2 Å². The standard InChI is InChI=1S/C26H25N5O3S/c1-34-20-5-3-2-4-18(20)23-19(13-27)24(23)25(32)30-22-12-17-8-11-31(15-21(17)35-22)26(33)29-14-16-6-9-28-10-7-16/h2-7,9-10,12,19,23-24H,8,11,14-15H2,1H3,(H,29,33)(H,30,32). The average Bonchev–Trinajstić information content (AvgIpc) is 3.50. The number of benzene rings is 1. The Morgan fingerprint density at radius 2 is 2.06 bits per heavy atom. The molecule has 3 heterocycles. The number of hydrogen-bond donors (Lipinski definition) is 2. The van der Waals surface area contributed by atoms with Crippen molar-refractivity contribution < 1.29 is 14.3 Å². The fourth-order valence-corrected chi connectivity index (χ4v) is 5.81. The monoisotopic (exact) mass is 487 g/mol. The van der Waals surface area contributed by atoms with Gasteiger partial charge in [-0.25, -0.2) is 4.79 Å². The van der Waals surface area contributed by atoms with Crippen LogP contribution in [-0.4, -0.2) is 35.5 Å². The number of anilines is 1. The van der Waals surface area contributed by atoms with Crippen LogP contribution in [0.3, 0.4) is 0 Å². The van der Waals surface area contributed by atoms with Crippen molar-refractivity contribution in [3.8, 4) is 11.8 Å². The number of hydrogen-bond acceptors (Lipinski definition) is 6. The van der Waals surface area contributed by atoms with E-state index < -0.39 is 5.92 Å². The Kier molecular flexibility index (Phi) is 6.38. The molecule has 1 aromatic carbocycles. The minimum absolute atomic E-state index is 0.110. The van der Waals surface area contributed by atoms with Crippen LogP contribution >= 0.6 is 11.3 Å². The number of thiophene rings is 1. The van der Waals surface area contributed by atoms with Gasteiger partial charge in [-0.05, 0) is 47.4 Å². The van der Waals surface area contributed by atoms with Gasteiger partial charge >= 0.3 is 6.03 Å². The van der Waals surface area contributed by atoms with Crippen molar-refractivity contribution >= 4 is 28.3 Å². The SMILES string of the molecule is COc1ccccc1C1C(C#N)C1C(=O)Nc1cc2c(s1)CN(C(=O)NCc1ccncc1)CC2. The number of rotatable bonds is 6. The molecule has 2 N–H and O–H groups in total. The van der Waals surface area contributed by atoms with Gasteiger partial charge in [0.15, 0.2) is 0 Å². The van der Waals surface area contributed by atoms with E-state index in [1.807, 2.05) is 42.5 Å². The molecule has 3 unspecified atom stereocenters. The highest BCUT2D eigenvalue weighted by molar-refractivity contribution is 7.16. The second kappa shape index (κ2) is 9.76. The Balaban J connectivity index is 1.21. The van der Waals surface area contributed by atoms with Crippen LogP contribution in [0.5, 0.6) is 5.75 Å². The first-order valence-corrected chi connectivity index (χ1v) is 12.3. The van der Waals surface area contributed by atoms with Gasteiger partial charge in [-0.15, -0.1) is 11.3 Å². The lowest BCUT2D eigenvalue weighted by Crippen LogP contribution is -2.42. The van der Waals surface area contributed by atoms with Gasteiger partial charge in [-0.3, -0.25) is 9.78 Å². The molecule has 9 heteroatoms. The number of nitriles is 1. The second-order valence-corrected chi connectivity index (χ2v) is 9.82. The predicted octanol–water partition coefficient (Wildman–Crippen LogP) is 3.91. The lowest BCUT2D eigenvalue weighted by Gasteiger charge is -2.27. The Bertz CT molecular complexity index is 1290. The highest BCUT2D eigenvalue weighted by Crippen LogP contribution is 2.56. The molecule has 1 aliphatic heterocycles. The van der Waals surface area contributed by atoms with Crippen LogP contribution in [0.4, 0.5) is 9.80 Å². The van der Waals surface area contributed by atoms with Crippen molar-refractivity contribution in [3.05, 3.63) is 76.4 Å². The molecule has 1 aliphatic carbocycles. The van der Waals surface area contributed by atoms with Crippen molar-refractivity contribution in [2.75, 3.05) is 19.0 Å². The van der Waals surface area contributed by atoms with Gasteiger partial charge in [0.05, 0.1) is 36.6 Å². The summed E-state index contributed by atoms with van der Waals surface area (Å²) in [4.78, 5) is 32.6. The minimum Gasteiger partial charge on any atom is -0.496 e. The first kappa shape index (κ1) is 22.9. The number of nitrogens with zero attached hydrogens (tertiary/aromatic N) is 3. The van der Waals surface area contributed by atoms with Crippen LogP contribution in [0.2, 0.25) is 0 Å². The first-order chi connectivity index (χ1) is 17.1. The summed E-state index contributed by atoms with van der Waals surface area (Å²) >= 11 is 1.49. The van der Waals surface area contributed by atoms with E-state index >= 15 is 0 Å². The lowest BCUT2D eigenvalue weighted by molar-refractivity contribution is -0.117. The zero-order chi connectivity index (χ0) is 24.4. The van der Waals surface area contributed by atoms with Crippen LogP contribution in [-0.2, 0) is 24.3 Å². The molecule has 8 nitrogen and oxygen atoms in total. The maximum absolute atomic E-state index is 13.1. The third kappa shape index (κ3) is 4.70. The quantitative estimate of drug-likeness (QED) is 0.548. The number of nitrogens with one attached hydrogen (secondary N) is 2. The summed E-state index contributed by atoms with van der Waals surface area (Å²) in [6.45, 7) is 1.58. The molecule has 0 saturated heterocycles. The summed E-state index contributed by atoms with van der Waals surface area (Å²) in [5.74, 6) is -0.420. The van der Waals surface area contributed by atoms with Crippen molar-refractivity contribution in [3.63, 3.8) is 0 Å². The number of pyridine rings is 1. The van der Waals surface area contributed by atoms with Gasteiger partial charge in [0.25, 0.3) is 0 Å². The number of amides is 3. The van der Waals surface area contributed by atoms with E-state index in [2.05, 4.69) is 21.7 Å². The molecule has 178 valence electrons. The minimum atomic E-state index is -0.411. The number of ether oxygens (including phenoxy) is 1. The molecule has 1 fully saturated rings. The van der Waals surface area contributed by atoms with E-state index in [-0.39, 0.29) is 23.8 Å². The van der Waals surface area contributed by atoms with Crippen LogP contribution < -0.4 is 15.4 Å². The maximum atomic E-state index is 13.1. The molecule has 5 rings (SSSR count). The fourth-order valence-electron chi connectivity index (χ4n) is 4.68. The molecule has 35 heavy (non-hydrogen) atoms. The highest BCUT2D eigenvalue weighted by Gasteiger charge is 2.57. The second-order valence-electron chi connectivity index (χ2n) is 8.68. The van der Waals surface area contributed by atoms with Gasteiger partial charge in [0.2, 0.25) is 5.91 Å². The zero-order valence-corrected chi connectivity index (χ0v) is 20.0. The van der Waals surface area contributed by atoms with E-state index in [1.54, 1.807) is 24.4 Å². The fraction of sp³-hybridized carbons (Fsp3) is 0.308. The van der Waals surface area contributed by atoms with Crippen molar-refractivity contribution in [1.29, 1.82) is 5.26 Å². The summed E-state index contributed by atoms with van der Waals surface area (Å²) in [5, 5.41) is 16.3. The Morgan fingerprint density at radius 1 is 1.26 bits per heavy atom. The predicted molar refractivity (Wildman–Crippen MR) is 132 cm³/mol. The van der Waals surface area contributed by atoms with Gasteiger partial charge < -0.3 is 20.3 Å². The summed E-state index contributed by atoms with van der Waals surface area (Å²) < 4.78 is 5.43. The van der Waals surface area contributed by atoms with Crippen LogP contribution in [0.15, 0.2) is 54.9 Å². The molecule has 3 amide bonds. The van der Waals surface area contributed by atoms with E-state index in [4.69, 9.17) is 4.74 Å². The number of carbonyl (C=O) groups excluding carboxylic acids is 2. The number of carbonyl (C=O) groups is 2. The van der Waals surface area contributed by atoms with E-state index in [0.29, 0.717) is 25.4 Å². The summed E-state index contributed by atoms with van der Waals surface area (Å²) in [6.07, 6.45) is 4.14. The maximum Gasteiger partial charge on any atom is 0.318 e. The molecule has 1 saturated carbocycles. The number of methoxy groups -OCH3 is 1. The van der Waals surface area contributed by atoms with Crippen molar-refractivity contribution in [2.24, 2.45) is 11.8 Å².